The number of thioether (sulfide) groups is 1. The third-order valence-electron chi connectivity index (χ3n) is 4.62. The molecule has 0 spiro atoms. The lowest BCUT2D eigenvalue weighted by atomic mass is 9.97. The van der Waals surface area contributed by atoms with Crippen molar-refractivity contribution in [3.05, 3.63) is 87.5 Å². The minimum absolute atomic E-state index is 0.182. The summed E-state index contributed by atoms with van der Waals surface area (Å²) in [5.74, 6) is 0.334. The molecule has 38 heavy (non-hydrogen) atoms. The van der Waals surface area contributed by atoms with Gasteiger partial charge in [0, 0.05) is 14.2 Å². The highest BCUT2D eigenvalue weighted by Gasteiger charge is 2.11. The summed E-state index contributed by atoms with van der Waals surface area (Å²) in [7, 11) is -7.32. The van der Waals surface area contributed by atoms with Crippen molar-refractivity contribution < 1.29 is 39.8 Å². The quantitative estimate of drug-likeness (QED) is 0.163. The number of halogens is 1. The molecular formula is C25H23IO9S3. The maximum atomic E-state index is 11.4. The molecule has 1 N–H and O–H groups in total. The molecule has 0 amide bonds. The minimum atomic E-state index is -3.66. The number of hydrogen-bond donors (Lipinski definition) is 1. The Morgan fingerprint density at radius 1 is 0.842 bits per heavy atom. The molecule has 3 aromatic carbocycles. The van der Waals surface area contributed by atoms with Crippen LogP contribution in [0.2, 0.25) is 0 Å². The van der Waals surface area contributed by atoms with Gasteiger partial charge in [-0.15, -0.1) is 11.8 Å². The zero-order chi connectivity index (χ0) is 27.9. The zero-order valence-electron chi connectivity index (χ0n) is 20.2. The first-order valence-electron chi connectivity index (χ1n) is 10.8. The molecule has 3 aromatic rings. The second-order valence-electron chi connectivity index (χ2n) is 7.83. The minimum Gasteiger partial charge on any atom is -0.482 e. The topological polar surface area (TPSA) is 133 Å². The molecular weight excluding hydrogens is 667 g/mol. The van der Waals surface area contributed by atoms with Crippen molar-refractivity contribution in [2.45, 2.75) is 4.90 Å². The number of carbonyl (C=O) groups is 1. The molecule has 0 radical (unpaired) electrons. The number of carboxylic acid groups (broad SMARTS) is 1. The molecule has 3 rings (SSSR count). The van der Waals surface area contributed by atoms with Crippen LogP contribution in [0.25, 0.3) is 5.57 Å². The zero-order valence-corrected chi connectivity index (χ0v) is 24.8. The van der Waals surface area contributed by atoms with E-state index in [-0.39, 0.29) is 11.5 Å². The summed E-state index contributed by atoms with van der Waals surface area (Å²) in [4.78, 5) is 11.7. The van der Waals surface area contributed by atoms with Gasteiger partial charge in [0.05, 0.1) is 12.5 Å². The van der Waals surface area contributed by atoms with E-state index >= 15 is 0 Å². The summed E-state index contributed by atoms with van der Waals surface area (Å²) in [6, 6.07) is 18.5. The lowest BCUT2D eigenvalue weighted by Gasteiger charge is -2.12. The van der Waals surface area contributed by atoms with Crippen molar-refractivity contribution in [3.8, 4) is 17.2 Å². The van der Waals surface area contributed by atoms with Crippen LogP contribution in [-0.4, -0.2) is 52.8 Å². The van der Waals surface area contributed by atoms with Gasteiger partial charge in [0.15, 0.2) is 6.61 Å². The van der Waals surface area contributed by atoms with E-state index in [1.807, 2.05) is 12.1 Å². The highest BCUT2D eigenvalue weighted by atomic mass is 127. The monoisotopic (exact) mass is 690 g/mol. The third-order valence-corrected chi connectivity index (χ3v) is 7.87. The SMILES string of the molecule is CS(=O)(=O)Oc1ccc(C(=CCSc2ccc(OCC(=O)O)cc2I)c2ccc(OS(C)(=O)=O)cc2)cc1. The van der Waals surface area contributed by atoms with Crippen molar-refractivity contribution in [1.29, 1.82) is 0 Å². The van der Waals surface area contributed by atoms with Crippen molar-refractivity contribution in [3.63, 3.8) is 0 Å². The van der Waals surface area contributed by atoms with Crippen LogP contribution in [0, 0.1) is 3.57 Å². The summed E-state index contributed by atoms with van der Waals surface area (Å²) in [5, 5.41) is 8.78. The molecule has 0 saturated heterocycles. The summed E-state index contributed by atoms with van der Waals surface area (Å²) >= 11 is 3.71. The largest absolute Gasteiger partial charge is 0.482 e. The summed E-state index contributed by atoms with van der Waals surface area (Å²) in [6.45, 7) is -0.420. The molecule has 0 aliphatic carbocycles. The molecule has 0 aromatic heterocycles. The van der Waals surface area contributed by atoms with Gasteiger partial charge in [-0.3, -0.25) is 0 Å². The Hall–Kier alpha value is -2.75. The van der Waals surface area contributed by atoms with Gasteiger partial charge in [0.2, 0.25) is 0 Å². The van der Waals surface area contributed by atoms with E-state index in [9.17, 15) is 21.6 Å². The van der Waals surface area contributed by atoms with Gasteiger partial charge < -0.3 is 18.2 Å². The van der Waals surface area contributed by atoms with Crippen LogP contribution < -0.4 is 13.1 Å². The number of aliphatic carboxylic acids is 1. The normalized spacial score (nSPS) is 11.4. The number of benzene rings is 3. The maximum absolute atomic E-state index is 11.4. The van der Waals surface area contributed by atoms with Crippen LogP contribution in [0.4, 0.5) is 0 Å². The van der Waals surface area contributed by atoms with E-state index in [4.69, 9.17) is 18.2 Å². The maximum Gasteiger partial charge on any atom is 0.341 e. The van der Waals surface area contributed by atoms with Crippen LogP contribution in [0.1, 0.15) is 11.1 Å². The Labute approximate surface area is 239 Å². The molecule has 9 nitrogen and oxygen atoms in total. The molecule has 0 aliphatic rings. The van der Waals surface area contributed by atoms with Gasteiger partial charge in [-0.1, -0.05) is 30.3 Å². The average molecular weight is 691 g/mol. The van der Waals surface area contributed by atoms with Gasteiger partial charge in [-0.2, -0.15) is 16.8 Å². The Kier molecular flexibility index (Phi) is 10.1. The van der Waals surface area contributed by atoms with Gasteiger partial charge in [-0.05, 0) is 81.8 Å². The highest BCUT2D eigenvalue weighted by molar-refractivity contribution is 14.1. The molecule has 0 bridgehead atoms. The van der Waals surface area contributed by atoms with Crippen LogP contribution in [0.5, 0.6) is 17.2 Å². The van der Waals surface area contributed by atoms with E-state index < -0.39 is 32.8 Å². The third kappa shape index (κ3) is 9.85. The lowest BCUT2D eigenvalue weighted by molar-refractivity contribution is -0.139. The first-order valence-corrected chi connectivity index (χ1v) is 16.5. The van der Waals surface area contributed by atoms with Crippen LogP contribution in [0.3, 0.4) is 0 Å². The first-order chi connectivity index (χ1) is 17.8. The van der Waals surface area contributed by atoms with E-state index in [1.165, 1.54) is 0 Å². The van der Waals surface area contributed by atoms with E-state index in [1.54, 1.807) is 72.4 Å². The Morgan fingerprint density at radius 2 is 1.32 bits per heavy atom. The van der Waals surface area contributed by atoms with Crippen molar-refractivity contribution in [2.75, 3.05) is 24.9 Å². The second-order valence-corrected chi connectivity index (χ2v) is 13.2. The second kappa shape index (κ2) is 12.9. The van der Waals surface area contributed by atoms with E-state index in [2.05, 4.69) is 22.6 Å². The van der Waals surface area contributed by atoms with Crippen LogP contribution in [0.15, 0.2) is 77.7 Å². The Morgan fingerprint density at radius 3 is 1.74 bits per heavy atom. The van der Waals surface area contributed by atoms with Gasteiger partial charge in [0.1, 0.15) is 17.2 Å². The molecule has 0 heterocycles. The van der Waals surface area contributed by atoms with Crippen LogP contribution >= 0.6 is 34.4 Å². The molecule has 0 atom stereocenters. The smallest absolute Gasteiger partial charge is 0.341 e. The molecule has 0 unspecified atom stereocenters. The standard InChI is InChI=1S/C25H23IO9S3/c1-37(29,30)34-19-7-3-17(4-8-19)22(18-5-9-20(10-6-18)35-38(2,31)32)13-14-36-24-12-11-21(15-23(24)26)33-16-25(27)28/h3-13,15H,14,16H2,1-2H3,(H,27,28). The predicted octanol–water partition coefficient (Wildman–Crippen LogP) is 4.66. The van der Waals surface area contributed by atoms with Crippen molar-refractivity contribution >= 4 is 66.1 Å². The average Bonchev–Trinajstić information content (AvgIpc) is 2.81. The van der Waals surface area contributed by atoms with E-state index in [0.717, 1.165) is 37.7 Å². The number of carboxylic acids is 1. The molecule has 0 saturated carbocycles. The number of hydrogen-bond acceptors (Lipinski definition) is 9. The van der Waals surface area contributed by atoms with Crippen molar-refractivity contribution in [1.82, 2.24) is 0 Å². The molecule has 0 fully saturated rings. The first kappa shape index (κ1) is 29.8. The summed E-state index contributed by atoms with van der Waals surface area (Å²) in [6.07, 6.45) is 3.93. The summed E-state index contributed by atoms with van der Waals surface area (Å²) < 4.78 is 61.7. The fraction of sp³-hybridized carbons (Fsp3) is 0.160. The van der Waals surface area contributed by atoms with E-state index in [0.29, 0.717) is 11.5 Å². The molecule has 13 heteroatoms. The number of ether oxygens (including phenoxy) is 1. The number of rotatable bonds is 12. The molecule has 0 aliphatic heterocycles. The van der Waals surface area contributed by atoms with Gasteiger partial charge in [0.25, 0.3) is 0 Å². The lowest BCUT2D eigenvalue weighted by Crippen LogP contribution is -2.09. The summed E-state index contributed by atoms with van der Waals surface area (Å²) in [5.41, 5.74) is 2.40. The van der Waals surface area contributed by atoms with Gasteiger partial charge >= 0.3 is 26.2 Å². The van der Waals surface area contributed by atoms with Crippen molar-refractivity contribution in [2.24, 2.45) is 0 Å². The van der Waals surface area contributed by atoms with Crippen LogP contribution in [-0.2, 0) is 25.0 Å². The fourth-order valence-corrected chi connectivity index (χ4v) is 5.85. The predicted molar refractivity (Wildman–Crippen MR) is 154 cm³/mol. The van der Waals surface area contributed by atoms with Gasteiger partial charge in [-0.25, -0.2) is 4.79 Å². The highest BCUT2D eigenvalue weighted by Crippen LogP contribution is 2.31. The Bertz CT molecular complexity index is 1450. The Balaban J connectivity index is 1.86. The molecule has 202 valence electrons. The fourth-order valence-electron chi connectivity index (χ4n) is 3.18.